The predicted molar refractivity (Wildman–Crippen MR) is 77.9 cm³/mol. The highest BCUT2D eigenvalue weighted by atomic mass is 16.3. The quantitative estimate of drug-likeness (QED) is 0.811. The summed E-state index contributed by atoms with van der Waals surface area (Å²) in [5, 5.41) is 10.7. The van der Waals surface area contributed by atoms with Gasteiger partial charge in [0.15, 0.2) is 0 Å². The molecule has 104 valence electrons. The third-order valence-electron chi connectivity index (χ3n) is 4.53. The van der Waals surface area contributed by atoms with Gasteiger partial charge in [-0.1, -0.05) is 37.3 Å². The van der Waals surface area contributed by atoms with E-state index in [0.717, 1.165) is 23.9 Å². The van der Waals surface area contributed by atoms with Gasteiger partial charge in [-0.3, -0.25) is 4.90 Å². The van der Waals surface area contributed by atoms with Gasteiger partial charge >= 0.3 is 0 Å². The molecule has 0 bridgehead atoms. The largest absolute Gasteiger partial charge is 0.387 e. The van der Waals surface area contributed by atoms with Crippen LogP contribution in [0.4, 0.5) is 0 Å². The Kier molecular flexibility index (Phi) is 3.90. The minimum atomic E-state index is -0.342. The van der Waals surface area contributed by atoms with Crippen molar-refractivity contribution in [3.05, 3.63) is 35.9 Å². The first-order valence-electron chi connectivity index (χ1n) is 7.78. The number of hydrogen-bond acceptors (Lipinski definition) is 2. The summed E-state index contributed by atoms with van der Waals surface area (Å²) in [6.07, 6.45) is 6.11. The molecule has 2 aliphatic rings. The summed E-state index contributed by atoms with van der Waals surface area (Å²) in [6, 6.07) is 11.2. The summed E-state index contributed by atoms with van der Waals surface area (Å²) in [5.74, 6) is 0.901. The first kappa shape index (κ1) is 13.1. The van der Waals surface area contributed by atoms with E-state index in [9.17, 15) is 5.11 Å². The van der Waals surface area contributed by atoms with E-state index >= 15 is 0 Å². The maximum atomic E-state index is 10.7. The average molecular weight is 259 g/mol. The van der Waals surface area contributed by atoms with E-state index in [0.29, 0.717) is 0 Å². The van der Waals surface area contributed by atoms with Crippen LogP contribution in [-0.4, -0.2) is 28.6 Å². The van der Waals surface area contributed by atoms with Gasteiger partial charge < -0.3 is 5.11 Å². The lowest BCUT2D eigenvalue weighted by molar-refractivity contribution is 0.0378. The Morgan fingerprint density at radius 3 is 2.37 bits per heavy atom. The van der Waals surface area contributed by atoms with Crippen molar-refractivity contribution in [2.75, 3.05) is 6.54 Å². The van der Waals surface area contributed by atoms with Crippen LogP contribution in [0.2, 0.25) is 0 Å². The van der Waals surface area contributed by atoms with Gasteiger partial charge in [0, 0.05) is 18.6 Å². The molecule has 0 radical (unpaired) electrons. The summed E-state index contributed by atoms with van der Waals surface area (Å²) < 4.78 is 0. The van der Waals surface area contributed by atoms with Crippen LogP contribution in [0.5, 0.6) is 0 Å². The second-order valence-electron chi connectivity index (χ2n) is 6.20. The fraction of sp³-hybridized carbons (Fsp3) is 0.647. The molecule has 2 unspecified atom stereocenters. The van der Waals surface area contributed by atoms with Gasteiger partial charge in [0.25, 0.3) is 0 Å². The smallest absolute Gasteiger partial charge is 0.0945 e. The van der Waals surface area contributed by atoms with Crippen LogP contribution in [0.25, 0.3) is 0 Å². The molecule has 0 spiro atoms. The standard InChI is InChI=1S/C17H25NO/c1-2-16(17(19)14-6-4-3-5-7-14)18(15-10-11-15)12-13-8-9-13/h3-7,13,15-17,19H,2,8-12H2,1H3. The zero-order chi connectivity index (χ0) is 13.2. The molecular formula is C17H25NO. The molecule has 2 fully saturated rings. The summed E-state index contributed by atoms with van der Waals surface area (Å²) in [6.45, 7) is 3.41. The van der Waals surface area contributed by atoms with Crippen molar-refractivity contribution in [3.63, 3.8) is 0 Å². The van der Waals surface area contributed by atoms with Crippen molar-refractivity contribution in [1.29, 1.82) is 0 Å². The van der Waals surface area contributed by atoms with Gasteiger partial charge in [0.05, 0.1) is 6.10 Å². The zero-order valence-electron chi connectivity index (χ0n) is 11.8. The SMILES string of the molecule is CCC(C(O)c1ccccc1)N(CC1CC1)C1CC1. The summed E-state index contributed by atoms with van der Waals surface area (Å²) >= 11 is 0. The molecule has 2 nitrogen and oxygen atoms in total. The first-order chi connectivity index (χ1) is 9.29. The monoisotopic (exact) mass is 259 g/mol. The Bertz CT molecular complexity index is 397. The minimum absolute atomic E-state index is 0.287. The van der Waals surface area contributed by atoms with E-state index in [2.05, 4.69) is 24.0 Å². The van der Waals surface area contributed by atoms with Crippen molar-refractivity contribution < 1.29 is 5.11 Å². The van der Waals surface area contributed by atoms with Crippen molar-refractivity contribution >= 4 is 0 Å². The summed E-state index contributed by atoms with van der Waals surface area (Å²) in [7, 11) is 0. The van der Waals surface area contributed by atoms with E-state index in [4.69, 9.17) is 0 Å². The van der Waals surface area contributed by atoms with Gasteiger partial charge in [-0.15, -0.1) is 0 Å². The number of aliphatic hydroxyl groups excluding tert-OH is 1. The molecule has 2 saturated carbocycles. The summed E-state index contributed by atoms with van der Waals surface area (Å²) in [4.78, 5) is 2.61. The third kappa shape index (κ3) is 3.18. The van der Waals surface area contributed by atoms with E-state index in [-0.39, 0.29) is 12.1 Å². The van der Waals surface area contributed by atoms with Crippen molar-refractivity contribution in [2.45, 2.75) is 57.2 Å². The van der Waals surface area contributed by atoms with E-state index in [1.807, 2.05) is 18.2 Å². The molecule has 2 aliphatic carbocycles. The predicted octanol–water partition coefficient (Wildman–Crippen LogP) is 3.37. The highest BCUT2D eigenvalue weighted by Gasteiger charge is 2.39. The van der Waals surface area contributed by atoms with Gasteiger partial charge in [-0.05, 0) is 43.6 Å². The van der Waals surface area contributed by atoms with Crippen LogP contribution in [0, 0.1) is 5.92 Å². The maximum Gasteiger partial charge on any atom is 0.0945 e. The van der Waals surface area contributed by atoms with Crippen LogP contribution in [0.3, 0.4) is 0 Å². The van der Waals surface area contributed by atoms with Crippen molar-refractivity contribution in [2.24, 2.45) is 5.92 Å². The van der Waals surface area contributed by atoms with E-state index < -0.39 is 0 Å². The molecule has 2 heteroatoms. The number of aliphatic hydroxyl groups is 1. The highest BCUT2D eigenvalue weighted by Crippen LogP contribution is 2.38. The fourth-order valence-electron chi connectivity index (χ4n) is 3.07. The summed E-state index contributed by atoms with van der Waals surface area (Å²) in [5.41, 5.74) is 1.07. The number of nitrogens with zero attached hydrogens (tertiary/aromatic N) is 1. The van der Waals surface area contributed by atoms with Gasteiger partial charge in [-0.25, -0.2) is 0 Å². The van der Waals surface area contributed by atoms with Crippen LogP contribution in [0.15, 0.2) is 30.3 Å². The highest BCUT2D eigenvalue weighted by molar-refractivity contribution is 5.19. The Morgan fingerprint density at radius 2 is 1.84 bits per heavy atom. The molecule has 2 atom stereocenters. The molecule has 1 aromatic carbocycles. The van der Waals surface area contributed by atoms with Gasteiger partial charge in [0.2, 0.25) is 0 Å². The number of benzene rings is 1. The van der Waals surface area contributed by atoms with Crippen LogP contribution in [0.1, 0.15) is 50.7 Å². The first-order valence-corrected chi connectivity index (χ1v) is 7.78. The molecule has 0 aromatic heterocycles. The van der Waals surface area contributed by atoms with E-state index in [1.54, 1.807) is 0 Å². The van der Waals surface area contributed by atoms with Crippen LogP contribution >= 0.6 is 0 Å². The molecule has 1 aromatic rings. The third-order valence-corrected chi connectivity index (χ3v) is 4.53. The zero-order valence-corrected chi connectivity index (χ0v) is 11.8. The second kappa shape index (κ2) is 5.64. The molecule has 0 amide bonds. The number of hydrogen-bond donors (Lipinski definition) is 1. The van der Waals surface area contributed by atoms with Crippen molar-refractivity contribution in [3.8, 4) is 0 Å². The fourth-order valence-corrected chi connectivity index (χ4v) is 3.07. The number of rotatable bonds is 7. The molecule has 3 rings (SSSR count). The average Bonchev–Trinajstić information content (AvgIpc) is 3.31. The lowest BCUT2D eigenvalue weighted by atomic mass is 9.98. The topological polar surface area (TPSA) is 23.5 Å². The molecule has 0 saturated heterocycles. The van der Waals surface area contributed by atoms with Crippen molar-refractivity contribution in [1.82, 2.24) is 4.90 Å². The van der Waals surface area contributed by atoms with Gasteiger partial charge in [-0.2, -0.15) is 0 Å². The second-order valence-corrected chi connectivity index (χ2v) is 6.20. The van der Waals surface area contributed by atoms with E-state index in [1.165, 1.54) is 32.2 Å². The maximum absolute atomic E-state index is 10.7. The normalized spacial score (nSPS) is 22.5. The molecular weight excluding hydrogens is 234 g/mol. The Morgan fingerprint density at radius 1 is 1.16 bits per heavy atom. The Hall–Kier alpha value is -0.860. The van der Waals surface area contributed by atoms with Crippen LogP contribution < -0.4 is 0 Å². The van der Waals surface area contributed by atoms with Crippen LogP contribution in [-0.2, 0) is 0 Å². The lowest BCUT2D eigenvalue weighted by Gasteiger charge is -2.35. The molecule has 1 N–H and O–H groups in total. The Labute approximate surface area is 116 Å². The Balaban J connectivity index is 1.73. The minimum Gasteiger partial charge on any atom is -0.387 e. The molecule has 0 heterocycles. The molecule has 0 aliphatic heterocycles. The lowest BCUT2D eigenvalue weighted by Crippen LogP contribution is -2.42. The molecule has 19 heavy (non-hydrogen) atoms. The van der Waals surface area contributed by atoms with Gasteiger partial charge in [0.1, 0.15) is 0 Å².